The maximum Gasteiger partial charge on any atom is 0.262 e. The summed E-state index contributed by atoms with van der Waals surface area (Å²) >= 11 is 0. The number of fused-ring (bicyclic) bond motifs is 3. The van der Waals surface area contributed by atoms with Gasteiger partial charge in [-0.05, 0) is 43.2 Å². The highest BCUT2D eigenvalue weighted by atomic mass is 16.5. The molecule has 1 heterocycles. The van der Waals surface area contributed by atoms with Gasteiger partial charge in [0.15, 0.2) is 6.61 Å². The summed E-state index contributed by atoms with van der Waals surface area (Å²) in [5.41, 5.74) is 3.01. The van der Waals surface area contributed by atoms with Crippen LogP contribution in [0.4, 0.5) is 5.69 Å². The molecule has 1 aromatic heterocycles. The van der Waals surface area contributed by atoms with E-state index in [2.05, 4.69) is 5.32 Å². The summed E-state index contributed by atoms with van der Waals surface area (Å²) in [7, 11) is 1.56. The molecule has 0 unspecified atom stereocenters. The fourth-order valence-corrected chi connectivity index (χ4v) is 3.43. The number of amides is 1. The van der Waals surface area contributed by atoms with Crippen LogP contribution in [0.3, 0.4) is 0 Å². The molecule has 3 aromatic carbocycles. The Hall–Kier alpha value is -3.80. The summed E-state index contributed by atoms with van der Waals surface area (Å²) in [6.45, 7) is 1.44. The molecular formula is C25H23NO5. The van der Waals surface area contributed by atoms with E-state index in [1.54, 1.807) is 32.2 Å². The van der Waals surface area contributed by atoms with Crippen molar-refractivity contribution in [2.45, 2.75) is 19.8 Å². The lowest BCUT2D eigenvalue weighted by atomic mass is 10.1. The fraction of sp³-hybridized carbons (Fsp3) is 0.200. The number of aryl methyl sites for hydroxylation is 1. The van der Waals surface area contributed by atoms with Gasteiger partial charge in [-0.1, -0.05) is 30.3 Å². The summed E-state index contributed by atoms with van der Waals surface area (Å²) in [5, 5.41) is 4.74. The Balaban J connectivity index is 1.43. The van der Waals surface area contributed by atoms with Crippen molar-refractivity contribution in [1.29, 1.82) is 0 Å². The van der Waals surface area contributed by atoms with E-state index in [1.165, 1.54) is 0 Å². The first kappa shape index (κ1) is 20.5. The molecule has 0 saturated carbocycles. The van der Waals surface area contributed by atoms with Crippen LogP contribution in [0, 0.1) is 0 Å². The van der Waals surface area contributed by atoms with E-state index < -0.39 is 0 Å². The van der Waals surface area contributed by atoms with Crippen molar-refractivity contribution in [3.8, 4) is 11.5 Å². The number of nitrogens with one attached hydrogen (secondary N) is 1. The third-order valence-electron chi connectivity index (χ3n) is 5.03. The maximum atomic E-state index is 12.4. The first-order valence-corrected chi connectivity index (χ1v) is 10.0. The van der Waals surface area contributed by atoms with Gasteiger partial charge >= 0.3 is 0 Å². The van der Waals surface area contributed by atoms with Crippen molar-refractivity contribution < 1.29 is 23.5 Å². The van der Waals surface area contributed by atoms with Crippen LogP contribution in [0.15, 0.2) is 65.1 Å². The summed E-state index contributed by atoms with van der Waals surface area (Å²) in [5.74, 6) is 0.978. The Bertz CT molecular complexity index is 1240. The highest BCUT2D eigenvalue weighted by molar-refractivity contribution is 6.07. The van der Waals surface area contributed by atoms with E-state index in [9.17, 15) is 9.59 Å². The van der Waals surface area contributed by atoms with Crippen molar-refractivity contribution in [3.05, 3.63) is 66.2 Å². The van der Waals surface area contributed by atoms with Gasteiger partial charge in [-0.25, -0.2) is 0 Å². The zero-order chi connectivity index (χ0) is 21.8. The van der Waals surface area contributed by atoms with Crippen LogP contribution in [-0.4, -0.2) is 25.4 Å². The summed E-state index contributed by atoms with van der Waals surface area (Å²) in [6.07, 6.45) is 1.21. The monoisotopic (exact) mass is 417 g/mol. The standard InChI is InChI=1S/C25H23NO5/c1-16(27)7-8-17-9-11-18(12-10-17)30-15-25(28)26-21-14-23-20(13-24(21)29-2)19-5-3-4-6-22(19)31-23/h3-6,9-14H,7-8,15H2,1-2H3,(H,26,28). The molecule has 6 heteroatoms. The van der Waals surface area contributed by atoms with Gasteiger partial charge in [-0.15, -0.1) is 0 Å². The predicted octanol–water partition coefficient (Wildman–Crippen LogP) is 5.13. The Labute approximate surface area is 179 Å². The smallest absolute Gasteiger partial charge is 0.262 e. The third kappa shape index (κ3) is 4.69. The summed E-state index contributed by atoms with van der Waals surface area (Å²) in [4.78, 5) is 23.5. The van der Waals surface area contributed by atoms with Crippen LogP contribution in [-0.2, 0) is 16.0 Å². The molecule has 0 radical (unpaired) electrons. The Morgan fingerprint density at radius 1 is 0.968 bits per heavy atom. The number of hydrogen-bond donors (Lipinski definition) is 1. The molecule has 31 heavy (non-hydrogen) atoms. The number of furan rings is 1. The molecule has 0 aliphatic carbocycles. The molecule has 158 valence electrons. The number of ketones is 1. The SMILES string of the molecule is COc1cc2c(cc1NC(=O)COc1ccc(CCC(C)=O)cc1)oc1ccccc12. The minimum Gasteiger partial charge on any atom is -0.495 e. The predicted molar refractivity (Wildman–Crippen MR) is 120 cm³/mol. The van der Waals surface area contributed by atoms with Crippen molar-refractivity contribution in [3.63, 3.8) is 0 Å². The van der Waals surface area contributed by atoms with E-state index in [0.717, 1.165) is 21.9 Å². The number of anilines is 1. The summed E-state index contributed by atoms with van der Waals surface area (Å²) < 4.78 is 16.9. The third-order valence-corrected chi connectivity index (χ3v) is 5.03. The zero-order valence-electron chi connectivity index (χ0n) is 17.4. The van der Waals surface area contributed by atoms with Gasteiger partial charge in [0.05, 0.1) is 12.8 Å². The lowest BCUT2D eigenvalue weighted by Gasteiger charge is -2.11. The number of ether oxygens (including phenoxy) is 2. The first-order chi connectivity index (χ1) is 15.0. The topological polar surface area (TPSA) is 77.8 Å². The second kappa shape index (κ2) is 8.92. The molecule has 1 amide bonds. The van der Waals surface area contributed by atoms with E-state index in [0.29, 0.717) is 35.6 Å². The molecule has 0 aliphatic rings. The van der Waals surface area contributed by atoms with Gasteiger partial charge < -0.3 is 24.0 Å². The Morgan fingerprint density at radius 3 is 2.48 bits per heavy atom. The fourth-order valence-electron chi connectivity index (χ4n) is 3.43. The van der Waals surface area contributed by atoms with Gasteiger partial charge in [0.2, 0.25) is 0 Å². The van der Waals surface area contributed by atoms with Crippen molar-refractivity contribution in [2.24, 2.45) is 0 Å². The largest absolute Gasteiger partial charge is 0.495 e. The number of hydrogen-bond acceptors (Lipinski definition) is 5. The molecule has 0 fully saturated rings. The number of Topliss-reactive ketones (excluding diaryl/α,β-unsaturated/α-hetero) is 1. The second-order valence-corrected chi connectivity index (χ2v) is 7.33. The molecule has 0 spiro atoms. The van der Waals surface area contributed by atoms with Gasteiger partial charge in [0.25, 0.3) is 5.91 Å². The number of carbonyl (C=O) groups is 2. The van der Waals surface area contributed by atoms with Crippen molar-refractivity contribution in [2.75, 3.05) is 19.0 Å². The molecule has 4 rings (SSSR count). The van der Waals surface area contributed by atoms with E-state index in [1.807, 2.05) is 42.5 Å². The lowest BCUT2D eigenvalue weighted by molar-refractivity contribution is -0.118. The molecule has 6 nitrogen and oxygen atoms in total. The molecule has 0 aliphatic heterocycles. The molecule has 0 atom stereocenters. The first-order valence-electron chi connectivity index (χ1n) is 10.0. The summed E-state index contributed by atoms with van der Waals surface area (Å²) in [6, 6.07) is 18.8. The van der Waals surface area contributed by atoms with Crippen LogP contribution in [0.2, 0.25) is 0 Å². The normalized spacial score (nSPS) is 10.9. The van der Waals surface area contributed by atoms with Crippen LogP contribution in [0.25, 0.3) is 21.9 Å². The number of para-hydroxylation sites is 1. The van der Waals surface area contributed by atoms with Crippen LogP contribution in [0.1, 0.15) is 18.9 Å². The zero-order valence-corrected chi connectivity index (χ0v) is 17.4. The molecule has 0 bridgehead atoms. The highest BCUT2D eigenvalue weighted by Crippen LogP contribution is 2.36. The van der Waals surface area contributed by atoms with E-state index in [-0.39, 0.29) is 18.3 Å². The number of methoxy groups -OCH3 is 1. The highest BCUT2D eigenvalue weighted by Gasteiger charge is 2.14. The van der Waals surface area contributed by atoms with Gasteiger partial charge in [0.1, 0.15) is 28.4 Å². The number of rotatable bonds is 8. The Morgan fingerprint density at radius 2 is 1.74 bits per heavy atom. The Kier molecular flexibility index (Phi) is 5.89. The number of benzene rings is 3. The molecule has 0 saturated heterocycles. The van der Waals surface area contributed by atoms with Crippen LogP contribution >= 0.6 is 0 Å². The molecular weight excluding hydrogens is 394 g/mol. The van der Waals surface area contributed by atoms with Crippen molar-refractivity contribution in [1.82, 2.24) is 0 Å². The maximum absolute atomic E-state index is 12.4. The van der Waals surface area contributed by atoms with Gasteiger partial charge in [-0.3, -0.25) is 4.79 Å². The minimum absolute atomic E-state index is 0.145. The molecule has 4 aromatic rings. The lowest BCUT2D eigenvalue weighted by Crippen LogP contribution is -2.20. The van der Waals surface area contributed by atoms with E-state index >= 15 is 0 Å². The quantitative estimate of drug-likeness (QED) is 0.430. The minimum atomic E-state index is -0.311. The van der Waals surface area contributed by atoms with Gasteiger partial charge in [0, 0.05) is 23.3 Å². The van der Waals surface area contributed by atoms with Crippen LogP contribution < -0.4 is 14.8 Å². The molecule has 1 N–H and O–H groups in total. The van der Waals surface area contributed by atoms with E-state index in [4.69, 9.17) is 13.9 Å². The second-order valence-electron chi connectivity index (χ2n) is 7.33. The van der Waals surface area contributed by atoms with Gasteiger partial charge in [-0.2, -0.15) is 0 Å². The van der Waals surface area contributed by atoms with Crippen molar-refractivity contribution >= 4 is 39.3 Å². The number of carbonyl (C=O) groups excluding carboxylic acids is 2. The average molecular weight is 417 g/mol. The average Bonchev–Trinajstić information content (AvgIpc) is 3.13. The van der Waals surface area contributed by atoms with Crippen LogP contribution in [0.5, 0.6) is 11.5 Å².